The summed E-state index contributed by atoms with van der Waals surface area (Å²) >= 11 is 0. The fourth-order valence-electron chi connectivity index (χ4n) is 3.98. The second-order valence-electron chi connectivity index (χ2n) is 8.74. The van der Waals surface area contributed by atoms with Gasteiger partial charge in [-0.3, -0.25) is 9.59 Å². The Morgan fingerprint density at radius 3 is 2.47 bits per heavy atom. The molecule has 0 spiro atoms. The first-order valence-corrected chi connectivity index (χ1v) is 10.7. The lowest BCUT2D eigenvalue weighted by molar-refractivity contribution is -0.117. The van der Waals surface area contributed by atoms with Gasteiger partial charge in [0.05, 0.1) is 0 Å². The van der Waals surface area contributed by atoms with Gasteiger partial charge in [-0.2, -0.15) is 0 Å². The van der Waals surface area contributed by atoms with Gasteiger partial charge in [-0.15, -0.1) is 0 Å². The molecule has 1 atom stereocenters. The smallest absolute Gasteiger partial charge is 0.258 e. The molecular formula is C25H29N3O2. The van der Waals surface area contributed by atoms with Crippen molar-refractivity contribution in [2.75, 3.05) is 10.2 Å². The molecule has 1 saturated carbocycles. The zero-order valence-corrected chi connectivity index (χ0v) is 17.8. The topological polar surface area (TPSA) is 65.2 Å². The van der Waals surface area contributed by atoms with Crippen LogP contribution in [0.25, 0.3) is 10.9 Å². The van der Waals surface area contributed by atoms with Gasteiger partial charge in [0.15, 0.2) is 0 Å². The van der Waals surface area contributed by atoms with Crippen LogP contribution in [0.15, 0.2) is 54.7 Å². The van der Waals surface area contributed by atoms with Gasteiger partial charge in [-0.25, -0.2) is 0 Å². The number of anilines is 2. The molecule has 5 nitrogen and oxygen atoms in total. The molecule has 1 aliphatic rings. The summed E-state index contributed by atoms with van der Waals surface area (Å²) < 4.78 is 0. The van der Waals surface area contributed by atoms with E-state index in [9.17, 15) is 9.59 Å². The number of rotatable bonds is 7. The Hall–Kier alpha value is -3.08. The van der Waals surface area contributed by atoms with Crippen LogP contribution in [0.5, 0.6) is 0 Å². The van der Waals surface area contributed by atoms with Crippen LogP contribution in [0, 0.1) is 11.8 Å². The average Bonchev–Trinajstić information content (AvgIpc) is 3.46. The number of benzene rings is 2. The van der Waals surface area contributed by atoms with Crippen molar-refractivity contribution in [3.63, 3.8) is 0 Å². The van der Waals surface area contributed by atoms with Crippen LogP contribution in [-0.4, -0.2) is 22.8 Å². The number of aromatic nitrogens is 1. The summed E-state index contributed by atoms with van der Waals surface area (Å²) in [5, 5.41) is 4.01. The number of nitrogens with zero attached hydrogens (tertiary/aromatic N) is 1. The fourth-order valence-corrected chi connectivity index (χ4v) is 3.98. The van der Waals surface area contributed by atoms with Crippen LogP contribution in [0.2, 0.25) is 0 Å². The van der Waals surface area contributed by atoms with Crippen LogP contribution in [0.4, 0.5) is 11.4 Å². The molecule has 0 aliphatic heterocycles. The third kappa shape index (κ3) is 4.40. The maximum Gasteiger partial charge on any atom is 0.258 e. The summed E-state index contributed by atoms with van der Waals surface area (Å²) in [7, 11) is 0. The molecule has 4 rings (SSSR count). The lowest BCUT2D eigenvalue weighted by Gasteiger charge is -2.31. The molecule has 1 aromatic heterocycles. The SMILES string of the molecule is CC(C)CC(C)N(C(=O)c1ccc(NC(=O)C2CC2)cc1)c1ccc2[nH]ccc2c1. The van der Waals surface area contributed by atoms with Gasteiger partial charge in [-0.05, 0) is 80.6 Å². The lowest BCUT2D eigenvalue weighted by atomic mass is 10.0. The number of carbonyl (C=O) groups is 2. The number of fused-ring (bicyclic) bond motifs is 1. The van der Waals surface area contributed by atoms with E-state index in [4.69, 9.17) is 0 Å². The van der Waals surface area contributed by atoms with Crippen LogP contribution < -0.4 is 10.2 Å². The highest BCUT2D eigenvalue weighted by molar-refractivity contribution is 6.07. The van der Waals surface area contributed by atoms with E-state index in [1.807, 2.05) is 41.4 Å². The highest BCUT2D eigenvalue weighted by Gasteiger charge is 2.29. The molecule has 5 heteroatoms. The van der Waals surface area contributed by atoms with E-state index in [1.54, 1.807) is 12.1 Å². The van der Waals surface area contributed by atoms with E-state index in [1.165, 1.54) is 0 Å². The van der Waals surface area contributed by atoms with Crippen molar-refractivity contribution in [3.05, 3.63) is 60.3 Å². The number of H-pyrrole nitrogens is 1. The van der Waals surface area contributed by atoms with Gasteiger partial charge >= 0.3 is 0 Å². The Balaban J connectivity index is 1.60. The summed E-state index contributed by atoms with van der Waals surface area (Å²) in [6.45, 7) is 6.45. The van der Waals surface area contributed by atoms with Crippen LogP contribution in [0.3, 0.4) is 0 Å². The summed E-state index contributed by atoms with van der Waals surface area (Å²) in [5.74, 6) is 0.674. The second kappa shape index (κ2) is 8.34. The standard InChI is InChI=1S/C25H29N3O2/c1-16(2)14-17(3)28(22-10-11-23-20(15-22)12-13-26-23)25(30)19-6-8-21(9-7-19)27-24(29)18-4-5-18/h6-13,15-18,26H,4-5,14H2,1-3H3,(H,27,29). The molecule has 1 heterocycles. The minimum absolute atomic E-state index is 0.0295. The van der Waals surface area contributed by atoms with Crippen molar-refractivity contribution in [3.8, 4) is 0 Å². The highest BCUT2D eigenvalue weighted by atomic mass is 16.2. The summed E-state index contributed by atoms with van der Waals surface area (Å²) in [4.78, 5) is 30.6. The number of amides is 2. The molecule has 0 bridgehead atoms. The van der Waals surface area contributed by atoms with E-state index >= 15 is 0 Å². The van der Waals surface area contributed by atoms with Crippen LogP contribution in [-0.2, 0) is 4.79 Å². The molecule has 156 valence electrons. The molecule has 30 heavy (non-hydrogen) atoms. The fraction of sp³-hybridized carbons (Fsp3) is 0.360. The lowest BCUT2D eigenvalue weighted by Crippen LogP contribution is -2.39. The predicted octanol–water partition coefficient (Wildman–Crippen LogP) is 5.60. The Morgan fingerprint density at radius 1 is 1.07 bits per heavy atom. The Kier molecular flexibility index (Phi) is 5.62. The summed E-state index contributed by atoms with van der Waals surface area (Å²) in [5.41, 5.74) is 3.30. The number of aromatic amines is 1. The van der Waals surface area contributed by atoms with Crippen molar-refractivity contribution in [2.45, 2.75) is 46.1 Å². The summed E-state index contributed by atoms with van der Waals surface area (Å²) in [6.07, 6.45) is 4.76. The minimum Gasteiger partial charge on any atom is -0.361 e. The van der Waals surface area contributed by atoms with Gasteiger partial charge in [-0.1, -0.05) is 13.8 Å². The predicted molar refractivity (Wildman–Crippen MR) is 122 cm³/mol. The number of hydrogen-bond acceptors (Lipinski definition) is 2. The van der Waals surface area contributed by atoms with Crippen molar-refractivity contribution < 1.29 is 9.59 Å². The quantitative estimate of drug-likeness (QED) is 0.539. The van der Waals surface area contributed by atoms with E-state index in [0.717, 1.165) is 41.5 Å². The van der Waals surface area contributed by atoms with E-state index in [2.05, 4.69) is 37.1 Å². The first-order valence-electron chi connectivity index (χ1n) is 10.7. The number of nitrogens with one attached hydrogen (secondary N) is 2. The molecular weight excluding hydrogens is 374 g/mol. The molecule has 2 N–H and O–H groups in total. The van der Waals surface area contributed by atoms with Gasteiger partial charge < -0.3 is 15.2 Å². The van der Waals surface area contributed by atoms with E-state index in [-0.39, 0.29) is 23.8 Å². The number of hydrogen-bond donors (Lipinski definition) is 2. The monoisotopic (exact) mass is 403 g/mol. The first kappa shape index (κ1) is 20.2. The van der Waals surface area contributed by atoms with Gasteiger partial charge in [0, 0.05) is 46.0 Å². The maximum absolute atomic E-state index is 13.5. The molecule has 2 amide bonds. The molecule has 1 aliphatic carbocycles. The highest BCUT2D eigenvalue weighted by Crippen LogP contribution is 2.30. The first-order chi connectivity index (χ1) is 14.4. The molecule has 0 radical (unpaired) electrons. The van der Waals surface area contributed by atoms with Crippen molar-refractivity contribution in [2.24, 2.45) is 11.8 Å². The molecule has 3 aromatic rings. The Labute approximate surface area is 177 Å². The maximum atomic E-state index is 13.5. The third-order valence-corrected chi connectivity index (χ3v) is 5.63. The summed E-state index contributed by atoms with van der Waals surface area (Å²) in [6, 6.07) is 15.4. The van der Waals surface area contributed by atoms with Gasteiger partial charge in [0.2, 0.25) is 5.91 Å². The number of carbonyl (C=O) groups excluding carboxylic acids is 2. The molecule has 1 unspecified atom stereocenters. The Morgan fingerprint density at radius 2 is 1.80 bits per heavy atom. The van der Waals surface area contributed by atoms with Crippen LogP contribution >= 0.6 is 0 Å². The van der Waals surface area contributed by atoms with Gasteiger partial charge in [0.1, 0.15) is 0 Å². The van der Waals surface area contributed by atoms with Gasteiger partial charge in [0.25, 0.3) is 5.91 Å². The second-order valence-corrected chi connectivity index (χ2v) is 8.74. The molecule has 0 saturated heterocycles. The molecule has 2 aromatic carbocycles. The normalized spacial score (nSPS) is 14.7. The Bertz CT molecular complexity index is 1050. The van der Waals surface area contributed by atoms with E-state index in [0.29, 0.717) is 11.5 Å². The van der Waals surface area contributed by atoms with Crippen molar-refractivity contribution in [1.29, 1.82) is 0 Å². The largest absolute Gasteiger partial charge is 0.361 e. The van der Waals surface area contributed by atoms with E-state index < -0.39 is 0 Å². The molecule has 1 fully saturated rings. The van der Waals surface area contributed by atoms with Crippen molar-refractivity contribution >= 4 is 34.1 Å². The average molecular weight is 404 g/mol. The zero-order valence-electron chi connectivity index (χ0n) is 17.8. The third-order valence-electron chi connectivity index (χ3n) is 5.63. The minimum atomic E-state index is -0.0295. The van der Waals surface area contributed by atoms with Crippen LogP contribution in [0.1, 0.15) is 50.4 Å². The zero-order chi connectivity index (χ0) is 21.3. The van der Waals surface area contributed by atoms with Crippen molar-refractivity contribution in [1.82, 2.24) is 4.98 Å².